The van der Waals surface area contributed by atoms with Gasteiger partial charge in [0.2, 0.25) is 0 Å². The van der Waals surface area contributed by atoms with Crippen LogP contribution in [-0.4, -0.2) is 18.5 Å². The number of fused-ring (bicyclic) bond motifs is 1. The molecule has 1 aromatic carbocycles. The highest BCUT2D eigenvalue weighted by Gasteiger charge is 2.14. The van der Waals surface area contributed by atoms with Crippen LogP contribution in [0.1, 0.15) is 18.2 Å². The number of esters is 1. The van der Waals surface area contributed by atoms with Gasteiger partial charge in [-0.05, 0) is 32.0 Å². The van der Waals surface area contributed by atoms with Crippen LogP contribution in [0, 0.1) is 6.92 Å². The molecule has 0 spiro atoms. The molecule has 0 unspecified atom stereocenters. The van der Waals surface area contributed by atoms with Crippen LogP contribution in [0.15, 0.2) is 28.7 Å². The van der Waals surface area contributed by atoms with Crippen molar-refractivity contribution >= 4 is 22.8 Å². The number of hydrogen-bond donors (Lipinski definition) is 1. The summed E-state index contributed by atoms with van der Waals surface area (Å²) in [6, 6.07) is 7.66. The molecular formula is C14H15NO4. The van der Waals surface area contributed by atoms with E-state index in [1.165, 1.54) is 0 Å². The Morgan fingerprint density at radius 3 is 2.84 bits per heavy atom. The molecule has 0 bridgehead atoms. The molecule has 0 aliphatic carbocycles. The van der Waals surface area contributed by atoms with Gasteiger partial charge in [-0.25, -0.2) is 4.79 Å². The van der Waals surface area contributed by atoms with Crippen molar-refractivity contribution in [3.8, 4) is 0 Å². The van der Waals surface area contributed by atoms with Gasteiger partial charge in [-0.15, -0.1) is 0 Å². The van der Waals surface area contributed by atoms with Crippen molar-refractivity contribution in [3.63, 3.8) is 0 Å². The zero-order valence-corrected chi connectivity index (χ0v) is 10.9. The standard InChI is InChI=1S/C14H15NO4/c1-3-18-14(17)13(16)15-8-11-7-10-6-9(2)4-5-12(10)19-11/h4-7H,3,8H2,1-2H3,(H,15,16). The highest BCUT2D eigenvalue weighted by atomic mass is 16.5. The molecule has 0 saturated carbocycles. The van der Waals surface area contributed by atoms with E-state index in [1.807, 2.05) is 31.2 Å². The van der Waals surface area contributed by atoms with E-state index in [1.54, 1.807) is 6.92 Å². The van der Waals surface area contributed by atoms with Gasteiger partial charge in [0.25, 0.3) is 0 Å². The zero-order valence-electron chi connectivity index (χ0n) is 10.9. The number of hydrogen-bond acceptors (Lipinski definition) is 4. The molecule has 100 valence electrons. The predicted molar refractivity (Wildman–Crippen MR) is 69.4 cm³/mol. The molecule has 2 aromatic rings. The molecule has 0 aliphatic rings. The van der Waals surface area contributed by atoms with Crippen LogP contribution >= 0.6 is 0 Å². The summed E-state index contributed by atoms with van der Waals surface area (Å²) in [6.07, 6.45) is 0. The van der Waals surface area contributed by atoms with Gasteiger partial charge in [-0.2, -0.15) is 0 Å². The Hall–Kier alpha value is -2.30. The smallest absolute Gasteiger partial charge is 0.396 e. The molecule has 2 rings (SSSR count). The number of amides is 1. The first-order chi connectivity index (χ1) is 9.10. The van der Waals surface area contributed by atoms with Crippen molar-refractivity contribution < 1.29 is 18.7 Å². The summed E-state index contributed by atoms with van der Waals surface area (Å²) in [7, 11) is 0. The van der Waals surface area contributed by atoms with E-state index in [0.29, 0.717) is 5.76 Å². The average molecular weight is 261 g/mol. The Balaban J connectivity index is 2.02. The summed E-state index contributed by atoms with van der Waals surface area (Å²) < 4.78 is 10.1. The fraction of sp³-hybridized carbons (Fsp3) is 0.286. The molecule has 0 fully saturated rings. The minimum absolute atomic E-state index is 0.158. The molecule has 19 heavy (non-hydrogen) atoms. The lowest BCUT2D eigenvalue weighted by Gasteiger charge is -2.01. The van der Waals surface area contributed by atoms with E-state index in [9.17, 15) is 9.59 Å². The van der Waals surface area contributed by atoms with Crippen molar-refractivity contribution in [1.82, 2.24) is 5.32 Å². The Morgan fingerprint density at radius 2 is 2.11 bits per heavy atom. The maximum Gasteiger partial charge on any atom is 0.396 e. The molecule has 0 radical (unpaired) electrons. The van der Waals surface area contributed by atoms with Crippen LogP contribution in [0.2, 0.25) is 0 Å². The highest BCUT2D eigenvalue weighted by Crippen LogP contribution is 2.20. The van der Waals surface area contributed by atoms with Gasteiger partial charge in [-0.1, -0.05) is 11.6 Å². The van der Waals surface area contributed by atoms with Crippen molar-refractivity contribution in [2.24, 2.45) is 0 Å². The summed E-state index contributed by atoms with van der Waals surface area (Å²) in [5.74, 6) is -1.05. The van der Waals surface area contributed by atoms with Crippen LogP contribution in [0.4, 0.5) is 0 Å². The number of nitrogens with one attached hydrogen (secondary N) is 1. The summed E-state index contributed by atoms with van der Waals surface area (Å²) >= 11 is 0. The van der Waals surface area contributed by atoms with Crippen LogP contribution < -0.4 is 5.32 Å². The maximum absolute atomic E-state index is 11.3. The van der Waals surface area contributed by atoms with Gasteiger partial charge in [0.15, 0.2) is 0 Å². The molecule has 0 atom stereocenters. The topological polar surface area (TPSA) is 68.5 Å². The minimum atomic E-state index is -0.880. The van der Waals surface area contributed by atoms with Crippen molar-refractivity contribution in [3.05, 3.63) is 35.6 Å². The summed E-state index contributed by atoms with van der Waals surface area (Å²) in [5.41, 5.74) is 1.89. The van der Waals surface area contributed by atoms with E-state index in [2.05, 4.69) is 10.1 Å². The third-order valence-corrected chi connectivity index (χ3v) is 2.61. The average Bonchev–Trinajstić information content (AvgIpc) is 2.78. The van der Waals surface area contributed by atoms with Crippen LogP contribution in [0.3, 0.4) is 0 Å². The second-order valence-electron chi connectivity index (χ2n) is 4.16. The van der Waals surface area contributed by atoms with Gasteiger partial charge < -0.3 is 14.5 Å². The van der Waals surface area contributed by atoms with E-state index in [0.717, 1.165) is 16.5 Å². The maximum atomic E-state index is 11.3. The van der Waals surface area contributed by atoms with Gasteiger partial charge in [0.05, 0.1) is 13.2 Å². The normalized spacial score (nSPS) is 10.4. The summed E-state index contributed by atoms with van der Waals surface area (Å²) in [6.45, 7) is 3.98. The molecule has 1 amide bonds. The first-order valence-corrected chi connectivity index (χ1v) is 6.04. The molecular weight excluding hydrogens is 246 g/mol. The fourth-order valence-corrected chi connectivity index (χ4v) is 1.74. The van der Waals surface area contributed by atoms with Crippen molar-refractivity contribution in [2.75, 3.05) is 6.61 Å². The van der Waals surface area contributed by atoms with Gasteiger partial charge >= 0.3 is 11.9 Å². The molecule has 0 aliphatic heterocycles. The fourth-order valence-electron chi connectivity index (χ4n) is 1.74. The van der Waals surface area contributed by atoms with E-state index >= 15 is 0 Å². The number of aryl methyl sites for hydroxylation is 1. The molecule has 1 aromatic heterocycles. The Kier molecular flexibility index (Phi) is 3.85. The summed E-state index contributed by atoms with van der Waals surface area (Å²) in [5, 5.41) is 3.42. The van der Waals surface area contributed by atoms with Gasteiger partial charge in [-0.3, -0.25) is 4.79 Å². The van der Waals surface area contributed by atoms with Crippen LogP contribution in [0.5, 0.6) is 0 Å². The van der Waals surface area contributed by atoms with E-state index in [4.69, 9.17) is 4.42 Å². The van der Waals surface area contributed by atoms with Gasteiger partial charge in [0.1, 0.15) is 11.3 Å². The number of carbonyl (C=O) groups excluding carboxylic acids is 2. The lowest BCUT2D eigenvalue weighted by atomic mass is 10.2. The monoisotopic (exact) mass is 261 g/mol. The lowest BCUT2D eigenvalue weighted by Crippen LogP contribution is -2.31. The lowest BCUT2D eigenvalue weighted by molar-refractivity contribution is -0.154. The van der Waals surface area contributed by atoms with Crippen LogP contribution in [0.25, 0.3) is 11.0 Å². The first kappa shape index (κ1) is 13.1. The predicted octanol–water partition coefficient (Wildman–Crippen LogP) is 1.92. The second kappa shape index (κ2) is 5.56. The minimum Gasteiger partial charge on any atom is -0.459 e. The second-order valence-corrected chi connectivity index (χ2v) is 4.16. The summed E-state index contributed by atoms with van der Waals surface area (Å²) in [4.78, 5) is 22.5. The Morgan fingerprint density at radius 1 is 1.32 bits per heavy atom. The Bertz CT molecular complexity index is 615. The largest absolute Gasteiger partial charge is 0.459 e. The molecule has 1 N–H and O–H groups in total. The van der Waals surface area contributed by atoms with E-state index < -0.39 is 11.9 Å². The van der Waals surface area contributed by atoms with Crippen molar-refractivity contribution in [2.45, 2.75) is 20.4 Å². The molecule has 0 saturated heterocycles. The highest BCUT2D eigenvalue weighted by molar-refractivity contribution is 6.32. The number of furan rings is 1. The first-order valence-electron chi connectivity index (χ1n) is 6.04. The zero-order chi connectivity index (χ0) is 13.8. The number of ether oxygens (including phenoxy) is 1. The van der Waals surface area contributed by atoms with E-state index in [-0.39, 0.29) is 13.2 Å². The third-order valence-electron chi connectivity index (χ3n) is 2.61. The third kappa shape index (κ3) is 3.13. The number of benzene rings is 1. The number of carbonyl (C=O) groups is 2. The Labute approximate surface area is 110 Å². The van der Waals surface area contributed by atoms with Crippen molar-refractivity contribution in [1.29, 1.82) is 0 Å². The molecule has 1 heterocycles. The van der Waals surface area contributed by atoms with Crippen LogP contribution in [-0.2, 0) is 20.9 Å². The molecule has 5 nitrogen and oxygen atoms in total. The quantitative estimate of drug-likeness (QED) is 0.677. The number of rotatable bonds is 3. The SMILES string of the molecule is CCOC(=O)C(=O)NCc1cc2cc(C)ccc2o1. The van der Waals surface area contributed by atoms with Gasteiger partial charge in [0, 0.05) is 5.39 Å². The molecule has 5 heteroatoms.